The molecule has 3 nitrogen and oxygen atoms in total. The van der Waals surface area contributed by atoms with Gasteiger partial charge in [-0.05, 0) is 63.4 Å². The summed E-state index contributed by atoms with van der Waals surface area (Å²) in [4.78, 5) is 14.9. The van der Waals surface area contributed by atoms with Gasteiger partial charge in [0.25, 0.3) is 0 Å². The molecule has 0 saturated carbocycles. The molecule has 1 N–H and O–H groups in total. The van der Waals surface area contributed by atoms with Crippen molar-refractivity contribution < 1.29 is 4.79 Å². The second-order valence-electron chi connectivity index (χ2n) is 6.03. The molecule has 1 aromatic rings. The van der Waals surface area contributed by atoms with E-state index in [0.29, 0.717) is 5.91 Å². The Balaban J connectivity index is 1.91. The van der Waals surface area contributed by atoms with Crippen molar-refractivity contribution in [1.29, 1.82) is 0 Å². The summed E-state index contributed by atoms with van der Waals surface area (Å²) in [7, 11) is 0. The molecule has 3 heteroatoms. The molecule has 0 bridgehead atoms. The largest absolute Gasteiger partial charge is 0.317 e. The zero-order valence-electron chi connectivity index (χ0n) is 11.8. The minimum absolute atomic E-state index is 0.0819. The van der Waals surface area contributed by atoms with E-state index in [-0.39, 0.29) is 5.41 Å². The van der Waals surface area contributed by atoms with Crippen molar-refractivity contribution in [3.8, 4) is 0 Å². The fourth-order valence-corrected chi connectivity index (χ4v) is 3.43. The lowest BCUT2D eigenvalue weighted by Crippen LogP contribution is -2.42. The summed E-state index contributed by atoms with van der Waals surface area (Å²) in [6.45, 7) is 7.02. The Bertz CT molecular complexity index is 503. The standard InChI is InChI=1S/C16H22N2O/c1-12-3-4-13(2)14(11-12)18-10-7-16(15(18)19)5-8-17-9-6-16/h3-4,11,17H,5-10H2,1-2H3. The molecule has 19 heavy (non-hydrogen) atoms. The average Bonchev–Trinajstić information content (AvgIpc) is 2.71. The van der Waals surface area contributed by atoms with Gasteiger partial charge >= 0.3 is 0 Å². The van der Waals surface area contributed by atoms with Gasteiger partial charge in [0.05, 0.1) is 5.41 Å². The maximum atomic E-state index is 12.8. The first kappa shape index (κ1) is 12.7. The van der Waals surface area contributed by atoms with Gasteiger partial charge in [0.15, 0.2) is 0 Å². The monoisotopic (exact) mass is 258 g/mol. The van der Waals surface area contributed by atoms with E-state index in [4.69, 9.17) is 0 Å². The summed E-state index contributed by atoms with van der Waals surface area (Å²) in [6, 6.07) is 6.37. The van der Waals surface area contributed by atoms with Crippen molar-refractivity contribution >= 4 is 11.6 Å². The smallest absolute Gasteiger partial charge is 0.233 e. The van der Waals surface area contributed by atoms with Gasteiger partial charge in [0, 0.05) is 12.2 Å². The number of nitrogens with one attached hydrogen (secondary N) is 1. The summed E-state index contributed by atoms with van der Waals surface area (Å²) in [5.74, 6) is 0.350. The maximum absolute atomic E-state index is 12.8. The molecular weight excluding hydrogens is 236 g/mol. The van der Waals surface area contributed by atoms with Crippen LogP contribution in [0.25, 0.3) is 0 Å². The van der Waals surface area contributed by atoms with Gasteiger partial charge < -0.3 is 10.2 Å². The molecule has 2 aliphatic heterocycles. The first-order valence-electron chi connectivity index (χ1n) is 7.22. The average molecular weight is 258 g/mol. The first-order valence-corrected chi connectivity index (χ1v) is 7.22. The predicted octanol–water partition coefficient (Wildman–Crippen LogP) is 2.41. The van der Waals surface area contributed by atoms with Crippen LogP contribution in [0.15, 0.2) is 18.2 Å². The third kappa shape index (κ3) is 2.06. The van der Waals surface area contributed by atoms with Crippen LogP contribution >= 0.6 is 0 Å². The summed E-state index contributed by atoms with van der Waals surface area (Å²) in [6.07, 6.45) is 3.00. The molecule has 0 aromatic heterocycles. The molecule has 0 radical (unpaired) electrons. The van der Waals surface area contributed by atoms with Crippen LogP contribution < -0.4 is 10.2 Å². The van der Waals surface area contributed by atoms with E-state index in [1.165, 1.54) is 11.1 Å². The molecule has 0 atom stereocenters. The Kier molecular flexibility index (Phi) is 3.09. The molecule has 1 amide bonds. The Hall–Kier alpha value is -1.35. The minimum atomic E-state index is -0.0819. The van der Waals surface area contributed by atoms with E-state index in [1.54, 1.807) is 0 Å². The van der Waals surface area contributed by atoms with E-state index in [9.17, 15) is 4.79 Å². The van der Waals surface area contributed by atoms with Crippen LogP contribution in [0.4, 0.5) is 5.69 Å². The zero-order valence-corrected chi connectivity index (χ0v) is 11.8. The van der Waals surface area contributed by atoms with Crippen LogP contribution in [0.2, 0.25) is 0 Å². The van der Waals surface area contributed by atoms with Gasteiger partial charge in [-0.1, -0.05) is 12.1 Å². The third-order valence-electron chi connectivity index (χ3n) is 4.73. The van der Waals surface area contributed by atoms with Crippen molar-refractivity contribution in [2.75, 3.05) is 24.5 Å². The molecule has 2 heterocycles. The van der Waals surface area contributed by atoms with Crippen molar-refractivity contribution in [3.05, 3.63) is 29.3 Å². The van der Waals surface area contributed by atoms with Gasteiger partial charge in [-0.25, -0.2) is 0 Å². The number of nitrogens with zero attached hydrogens (tertiary/aromatic N) is 1. The number of hydrogen-bond acceptors (Lipinski definition) is 2. The highest BCUT2D eigenvalue weighted by atomic mass is 16.2. The lowest BCUT2D eigenvalue weighted by Gasteiger charge is -2.32. The van der Waals surface area contributed by atoms with E-state index < -0.39 is 0 Å². The first-order chi connectivity index (χ1) is 9.12. The number of aryl methyl sites for hydroxylation is 2. The summed E-state index contributed by atoms with van der Waals surface area (Å²) < 4.78 is 0. The van der Waals surface area contributed by atoms with Gasteiger partial charge in [-0.3, -0.25) is 4.79 Å². The van der Waals surface area contributed by atoms with E-state index in [2.05, 4.69) is 37.4 Å². The lowest BCUT2D eigenvalue weighted by atomic mass is 9.77. The van der Waals surface area contributed by atoms with Crippen molar-refractivity contribution in [3.63, 3.8) is 0 Å². The van der Waals surface area contributed by atoms with Crippen molar-refractivity contribution in [1.82, 2.24) is 5.32 Å². The highest BCUT2D eigenvalue weighted by Gasteiger charge is 2.47. The second-order valence-corrected chi connectivity index (χ2v) is 6.03. The number of hydrogen-bond donors (Lipinski definition) is 1. The number of anilines is 1. The number of rotatable bonds is 1. The fraction of sp³-hybridized carbons (Fsp3) is 0.562. The zero-order chi connectivity index (χ0) is 13.5. The molecular formula is C16H22N2O. The lowest BCUT2D eigenvalue weighted by molar-refractivity contribution is -0.126. The highest BCUT2D eigenvalue weighted by molar-refractivity contribution is 6.00. The van der Waals surface area contributed by atoms with Crippen LogP contribution in [0.5, 0.6) is 0 Å². The van der Waals surface area contributed by atoms with Gasteiger partial charge in [0.2, 0.25) is 5.91 Å². The molecule has 1 aromatic carbocycles. The van der Waals surface area contributed by atoms with Crippen molar-refractivity contribution in [2.24, 2.45) is 5.41 Å². The number of amides is 1. The van der Waals surface area contributed by atoms with E-state index >= 15 is 0 Å². The minimum Gasteiger partial charge on any atom is -0.317 e. The van der Waals surface area contributed by atoms with Gasteiger partial charge in [-0.2, -0.15) is 0 Å². The maximum Gasteiger partial charge on any atom is 0.233 e. The SMILES string of the molecule is Cc1ccc(C)c(N2CCC3(CCNCC3)C2=O)c1. The fourth-order valence-electron chi connectivity index (χ4n) is 3.43. The number of piperidine rings is 1. The predicted molar refractivity (Wildman–Crippen MR) is 77.4 cm³/mol. The van der Waals surface area contributed by atoms with Crippen LogP contribution in [-0.4, -0.2) is 25.5 Å². The normalized spacial score (nSPS) is 22.2. The van der Waals surface area contributed by atoms with Crippen LogP contribution in [0, 0.1) is 19.3 Å². The second kappa shape index (κ2) is 4.64. The molecule has 2 aliphatic rings. The van der Waals surface area contributed by atoms with E-state index in [1.807, 2.05) is 4.90 Å². The molecule has 2 fully saturated rings. The van der Waals surface area contributed by atoms with Gasteiger partial charge in [0.1, 0.15) is 0 Å². The summed E-state index contributed by atoms with van der Waals surface area (Å²) in [5.41, 5.74) is 3.45. The summed E-state index contributed by atoms with van der Waals surface area (Å²) in [5, 5.41) is 3.36. The Labute approximate surface area is 115 Å². The van der Waals surface area contributed by atoms with Crippen LogP contribution in [0.1, 0.15) is 30.4 Å². The van der Waals surface area contributed by atoms with Crippen LogP contribution in [-0.2, 0) is 4.79 Å². The Morgan fingerprint density at radius 3 is 2.63 bits per heavy atom. The van der Waals surface area contributed by atoms with Gasteiger partial charge in [-0.15, -0.1) is 0 Å². The van der Waals surface area contributed by atoms with E-state index in [0.717, 1.165) is 44.6 Å². The molecule has 1 spiro atoms. The molecule has 0 unspecified atom stereocenters. The number of benzene rings is 1. The van der Waals surface area contributed by atoms with Crippen molar-refractivity contribution in [2.45, 2.75) is 33.1 Å². The Morgan fingerprint density at radius 1 is 1.16 bits per heavy atom. The molecule has 2 saturated heterocycles. The quantitative estimate of drug-likeness (QED) is 0.839. The van der Waals surface area contributed by atoms with Crippen LogP contribution in [0.3, 0.4) is 0 Å². The number of carbonyl (C=O) groups is 1. The highest BCUT2D eigenvalue weighted by Crippen LogP contribution is 2.42. The summed E-state index contributed by atoms with van der Waals surface area (Å²) >= 11 is 0. The third-order valence-corrected chi connectivity index (χ3v) is 4.73. The Morgan fingerprint density at radius 2 is 1.89 bits per heavy atom. The topological polar surface area (TPSA) is 32.3 Å². The number of carbonyl (C=O) groups excluding carboxylic acids is 1. The molecule has 102 valence electrons. The molecule has 3 rings (SSSR count). The molecule has 0 aliphatic carbocycles.